The van der Waals surface area contributed by atoms with Crippen molar-refractivity contribution in [1.82, 2.24) is 10.2 Å². The highest BCUT2D eigenvalue weighted by Gasteiger charge is 2.24. The predicted octanol–water partition coefficient (Wildman–Crippen LogP) is 2.41. The SMILES string of the molecule is COCCN(C)C(=O)C(CCSC)NC(=O)c1ccc(Br)cc1. The van der Waals surface area contributed by atoms with Crippen molar-refractivity contribution in [3.8, 4) is 0 Å². The Labute approximate surface area is 150 Å². The van der Waals surface area contributed by atoms with Crippen LogP contribution in [-0.2, 0) is 9.53 Å². The number of hydrogen-bond donors (Lipinski definition) is 1. The van der Waals surface area contributed by atoms with E-state index in [9.17, 15) is 9.59 Å². The van der Waals surface area contributed by atoms with Crippen LogP contribution < -0.4 is 5.32 Å². The molecule has 0 heterocycles. The van der Waals surface area contributed by atoms with Gasteiger partial charge in [-0.25, -0.2) is 0 Å². The number of ether oxygens (including phenoxy) is 1. The molecular weight excluding hydrogens is 380 g/mol. The zero-order valence-electron chi connectivity index (χ0n) is 13.7. The molecule has 1 atom stereocenters. The van der Waals surface area contributed by atoms with Gasteiger partial charge < -0.3 is 15.0 Å². The molecule has 0 bridgehead atoms. The van der Waals surface area contributed by atoms with Gasteiger partial charge in [-0.2, -0.15) is 11.8 Å². The van der Waals surface area contributed by atoms with Gasteiger partial charge in [0.1, 0.15) is 6.04 Å². The lowest BCUT2D eigenvalue weighted by atomic mass is 10.1. The number of halogens is 1. The topological polar surface area (TPSA) is 58.6 Å². The maximum absolute atomic E-state index is 12.5. The molecule has 1 aromatic carbocycles. The Kier molecular flexibility index (Phi) is 9.28. The molecule has 23 heavy (non-hydrogen) atoms. The number of benzene rings is 1. The highest BCUT2D eigenvalue weighted by molar-refractivity contribution is 9.10. The second-order valence-electron chi connectivity index (χ2n) is 5.07. The van der Waals surface area contributed by atoms with Crippen LogP contribution >= 0.6 is 27.7 Å². The summed E-state index contributed by atoms with van der Waals surface area (Å²) >= 11 is 4.99. The summed E-state index contributed by atoms with van der Waals surface area (Å²) < 4.78 is 5.90. The Hall–Kier alpha value is -1.05. The summed E-state index contributed by atoms with van der Waals surface area (Å²) in [5, 5.41) is 2.85. The zero-order valence-corrected chi connectivity index (χ0v) is 16.1. The lowest BCUT2D eigenvalue weighted by Gasteiger charge is -2.24. The third-order valence-electron chi connectivity index (χ3n) is 3.33. The quantitative estimate of drug-likeness (QED) is 0.688. The number of amides is 2. The maximum Gasteiger partial charge on any atom is 0.251 e. The van der Waals surface area contributed by atoms with E-state index in [1.807, 2.05) is 6.26 Å². The van der Waals surface area contributed by atoms with Crippen molar-refractivity contribution < 1.29 is 14.3 Å². The summed E-state index contributed by atoms with van der Waals surface area (Å²) in [7, 11) is 3.32. The van der Waals surface area contributed by atoms with Crippen molar-refractivity contribution in [2.45, 2.75) is 12.5 Å². The molecule has 0 aliphatic carbocycles. The van der Waals surface area contributed by atoms with E-state index in [-0.39, 0.29) is 11.8 Å². The molecule has 0 aliphatic rings. The molecule has 5 nitrogen and oxygen atoms in total. The molecule has 1 rings (SSSR count). The minimum Gasteiger partial charge on any atom is -0.383 e. The molecule has 0 aromatic heterocycles. The van der Waals surface area contributed by atoms with Gasteiger partial charge in [0, 0.05) is 30.7 Å². The molecule has 7 heteroatoms. The molecule has 0 aliphatic heterocycles. The number of methoxy groups -OCH3 is 1. The first-order valence-electron chi connectivity index (χ1n) is 7.29. The summed E-state index contributed by atoms with van der Waals surface area (Å²) in [6, 6.07) is 6.53. The molecule has 0 saturated heterocycles. The van der Waals surface area contributed by atoms with E-state index in [0.717, 1.165) is 10.2 Å². The van der Waals surface area contributed by atoms with Gasteiger partial charge in [0.05, 0.1) is 6.61 Å². The van der Waals surface area contributed by atoms with Crippen molar-refractivity contribution in [2.24, 2.45) is 0 Å². The number of thioether (sulfide) groups is 1. The van der Waals surface area contributed by atoms with Crippen LogP contribution in [0.2, 0.25) is 0 Å². The normalized spacial score (nSPS) is 11.8. The zero-order chi connectivity index (χ0) is 17.2. The van der Waals surface area contributed by atoms with Crippen LogP contribution in [0.25, 0.3) is 0 Å². The third kappa shape index (κ3) is 6.93. The van der Waals surface area contributed by atoms with Crippen LogP contribution in [0.3, 0.4) is 0 Å². The van der Waals surface area contributed by atoms with Gasteiger partial charge >= 0.3 is 0 Å². The van der Waals surface area contributed by atoms with Crippen LogP contribution in [0.15, 0.2) is 28.7 Å². The summed E-state index contributed by atoms with van der Waals surface area (Å²) in [4.78, 5) is 26.5. The Balaban J connectivity index is 2.74. The lowest BCUT2D eigenvalue weighted by Crippen LogP contribution is -2.48. The van der Waals surface area contributed by atoms with E-state index >= 15 is 0 Å². The van der Waals surface area contributed by atoms with Crippen molar-refractivity contribution in [1.29, 1.82) is 0 Å². The average molecular weight is 403 g/mol. The smallest absolute Gasteiger partial charge is 0.251 e. The fourth-order valence-corrected chi connectivity index (χ4v) is 2.68. The van der Waals surface area contributed by atoms with Crippen LogP contribution in [0.1, 0.15) is 16.8 Å². The van der Waals surface area contributed by atoms with Gasteiger partial charge in [-0.15, -0.1) is 0 Å². The van der Waals surface area contributed by atoms with E-state index < -0.39 is 6.04 Å². The van der Waals surface area contributed by atoms with E-state index in [2.05, 4.69) is 21.2 Å². The maximum atomic E-state index is 12.5. The molecule has 1 N–H and O–H groups in total. The first kappa shape index (κ1) is 20.0. The van der Waals surface area contributed by atoms with Gasteiger partial charge in [-0.1, -0.05) is 15.9 Å². The van der Waals surface area contributed by atoms with E-state index in [1.54, 1.807) is 55.1 Å². The molecule has 0 saturated carbocycles. The molecule has 1 unspecified atom stereocenters. The Bertz CT molecular complexity index is 511. The van der Waals surface area contributed by atoms with Crippen LogP contribution in [-0.4, -0.2) is 62.1 Å². The molecular formula is C16H23BrN2O3S. The third-order valence-corrected chi connectivity index (χ3v) is 4.50. The second kappa shape index (κ2) is 10.7. The molecule has 1 aromatic rings. The van der Waals surface area contributed by atoms with E-state index in [1.165, 1.54) is 0 Å². The Morgan fingerprint density at radius 3 is 2.57 bits per heavy atom. The monoisotopic (exact) mass is 402 g/mol. The Morgan fingerprint density at radius 2 is 2.00 bits per heavy atom. The van der Waals surface area contributed by atoms with Crippen LogP contribution in [0.5, 0.6) is 0 Å². The van der Waals surface area contributed by atoms with Gasteiger partial charge in [-0.3, -0.25) is 9.59 Å². The number of nitrogens with zero attached hydrogens (tertiary/aromatic N) is 1. The first-order valence-corrected chi connectivity index (χ1v) is 9.47. The van der Waals surface area contributed by atoms with Crippen LogP contribution in [0, 0.1) is 0 Å². The highest BCUT2D eigenvalue weighted by atomic mass is 79.9. The predicted molar refractivity (Wildman–Crippen MR) is 97.9 cm³/mol. The summed E-state index contributed by atoms with van der Waals surface area (Å²) in [6.07, 6.45) is 2.58. The van der Waals surface area contributed by atoms with E-state index in [0.29, 0.717) is 25.1 Å². The number of nitrogens with one attached hydrogen (secondary N) is 1. The number of carbonyl (C=O) groups is 2. The molecule has 0 radical (unpaired) electrons. The number of likely N-dealkylation sites (N-methyl/N-ethyl adjacent to an activating group) is 1. The van der Waals surface area contributed by atoms with Gasteiger partial charge in [0.2, 0.25) is 5.91 Å². The summed E-state index contributed by atoms with van der Waals surface area (Å²) in [5.41, 5.74) is 0.537. The van der Waals surface area contributed by atoms with Crippen molar-refractivity contribution in [3.63, 3.8) is 0 Å². The first-order chi connectivity index (χ1) is 11.0. The number of hydrogen-bond acceptors (Lipinski definition) is 4. The van der Waals surface area contributed by atoms with Crippen LogP contribution in [0.4, 0.5) is 0 Å². The fourth-order valence-electron chi connectivity index (χ4n) is 1.94. The lowest BCUT2D eigenvalue weighted by molar-refractivity contribution is -0.132. The minimum absolute atomic E-state index is 0.0958. The summed E-state index contributed by atoms with van der Waals surface area (Å²) in [6.45, 7) is 0.970. The molecule has 128 valence electrons. The number of carbonyl (C=O) groups excluding carboxylic acids is 2. The number of rotatable bonds is 9. The average Bonchev–Trinajstić information content (AvgIpc) is 2.56. The molecule has 2 amide bonds. The Morgan fingerprint density at radius 1 is 1.35 bits per heavy atom. The molecule has 0 spiro atoms. The standard InChI is InChI=1S/C16H23BrN2O3S/c1-19(9-10-22-2)16(21)14(8-11-23-3)18-15(20)12-4-6-13(17)7-5-12/h4-7,14H,8-11H2,1-3H3,(H,18,20). The highest BCUT2D eigenvalue weighted by Crippen LogP contribution is 2.11. The fraction of sp³-hybridized carbons (Fsp3) is 0.500. The van der Waals surface area contributed by atoms with Crippen molar-refractivity contribution >= 4 is 39.5 Å². The minimum atomic E-state index is -0.527. The van der Waals surface area contributed by atoms with E-state index in [4.69, 9.17) is 4.74 Å². The van der Waals surface area contributed by atoms with Crippen molar-refractivity contribution in [3.05, 3.63) is 34.3 Å². The van der Waals surface area contributed by atoms with Gasteiger partial charge in [0.15, 0.2) is 0 Å². The van der Waals surface area contributed by atoms with Gasteiger partial charge in [-0.05, 0) is 42.7 Å². The molecule has 0 fully saturated rings. The van der Waals surface area contributed by atoms with Crippen molar-refractivity contribution in [2.75, 3.05) is 39.3 Å². The summed E-state index contributed by atoms with van der Waals surface area (Å²) in [5.74, 6) is 0.466. The second-order valence-corrected chi connectivity index (χ2v) is 6.97. The largest absolute Gasteiger partial charge is 0.383 e. The van der Waals surface area contributed by atoms with Gasteiger partial charge in [0.25, 0.3) is 5.91 Å².